The summed E-state index contributed by atoms with van der Waals surface area (Å²) in [4.78, 5) is 27.2. The number of benzene rings is 1. The van der Waals surface area contributed by atoms with E-state index in [0.717, 1.165) is 16.3 Å². The highest BCUT2D eigenvalue weighted by Crippen LogP contribution is 2.23. The second-order valence-electron chi connectivity index (χ2n) is 4.74. The molecule has 0 aliphatic rings. The second kappa shape index (κ2) is 6.49. The van der Waals surface area contributed by atoms with Gasteiger partial charge in [0.2, 0.25) is 11.8 Å². The quantitative estimate of drug-likeness (QED) is 0.912. The van der Waals surface area contributed by atoms with E-state index in [9.17, 15) is 9.59 Å². The molecule has 0 aliphatic carbocycles. The molecule has 110 valence electrons. The van der Waals surface area contributed by atoms with Crippen LogP contribution in [0.25, 0.3) is 11.3 Å². The van der Waals surface area contributed by atoms with Crippen molar-refractivity contribution in [1.29, 1.82) is 0 Å². The van der Waals surface area contributed by atoms with Crippen molar-refractivity contribution in [2.24, 2.45) is 0 Å². The number of nitrogens with zero attached hydrogens (tertiary/aromatic N) is 1. The molecule has 0 saturated heterocycles. The first kappa shape index (κ1) is 15.2. The van der Waals surface area contributed by atoms with E-state index in [4.69, 9.17) is 0 Å². The lowest BCUT2D eigenvalue weighted by Gasteiger charge is -2.12. The van der Waals surface area contributed by atoms with E-state index in [-0.39, 0.29) is 11.8 Å². The molecule has 5 nitrogen and oxygen atoms in total. The zero-order valence-electron chi connectivity index (χ0n) is 12.1. The van der Waals surface area contributed by atoms with Crippen molar-refractivity contribution in [3.8, 4) is 11.3 Å². The maximum Gasteiger partial charge on any atom is 0.246 e. The van der Waals surface area contributed by atoms with Gasteiger partial charge in [-0.15, -0.1) is 11.3 Å². The van der Waals surface area contributed by atoms with Gasteiger partial charge in [0, 0.05) is 23.6 Å². The second-order valence-corrected chi connectivity index (χ2v) is 5.80. The number of aromatic nitrogens is 1. The van der Waals surface area contributed by atoms with Gasteiger partial charge in [-0.05, 0) is 26.0 Å². The number of nitrogens with one attached hydrogen (secondary N) is 2. The standard InChI is InChI=1S/C15H17N3O2S/c1-9(16-10(2)19)15(20)18-13-6-4-12(5-7-13)14-8-21-11(3)17-14/h4-9H,1-3H3,(H,16,19)(H,18,20). The molecule has 1 aromatic heterocycles. The van der Waals surface area contributed by atoms with Gasteiger partial charge in [-0.2, -0.15) is 0 Å². The van der Waals surface area contributed by atoms with Crippen molar-refractivity contribution in [2.75, 3.05) is 5.32 Å². The minimum Gasteiger partial charge on any atom is -0.345 e. The summed E-state index contributed by atoms with van der Waals surface area (Å²) < 4.78 is 0. The molecule has 6 heteroatoms. The van der Waals surface area contributed by atoms with E-state index in [1.54, 1.807) is 18.3 Å². The Balaban J connectivity index is 2.02. The largest absolute Gasteiger partial charge is 0.345 e. The lowest BCUT2D eigenvalue weighted by Crippen LogP contribution is -2.40. The van der Waals surface area contributed by atoms with E-state index in [1.165, 1.54) is 6.92 Å². The van der Waals surface area contributed by atoms with E-state index in [0.29, 0.717) is 5.69 Å². The summed E-state index contributed by atoms with van der Waals surface area (Å²) in [7, 11) is 0. The SMILES string of the molecule is CC(=O)NC(C)C(=O)Nc1ccc(-c2csc(C)n2)cc1. The summed E-state index contributed by atoms with van der Waals surface area (Å²) in [6, 6.07) is 6.90. The number of amides is 2. The van der Waals surface area contributed by atoms with E-state index in [2.05, 4.69) is 15.6 Å². The minimum atomic E-state index is -0.566. The van der Waals surface area contributed by atoms with Gasteiger partial charge in [-0.1, -0.05) is 12.1 Å². The van der Waals surface area contributed by atoms with E-state index < -0.39 is 6.04 Å². The Morgan fingerprint density at radius 3 is 2.43 bits per heavy atom. The average molecular weight is 303 g/mol. The molecule has 1 heterocycles. The Morgan fingerprint density at radius 2 is 1.90 bits per heavy atom. The highest BCUT2D eigenvalue weighted by Gasteiger charge is 2.13. The highest BCUT2D eigenvalue weighted by atomic mass is 32.1. The van der Waals surface area contributed by atoms with Crippen molar-refractivity contribution in [2.45, 2.75) is 26.8 Å². The Morgan fingerprint density at radius 1 is 1.24 bits per heavy atom. The summed E-state index contributed by atoms with van der Waals surface area (Å²) in [5.41, 5.74) is 2.63. The molecule has 2 aromatic rings. The molecule has 0 radical (unpaired) electrons. The smallest absolute Gasteiger partial charge is 0.246 e. The lowest BCUT2D eigenvalue weighted by molar-refractivity contribution is -0.124. The third kappa shape index (κ3) is 4.13. The molecular formula is C15H17N3O2S. The molecular weight excluding hydrogens is 286 g/mol. The molecule has 1 aromatic carbocycles. The van der Waals surface area contributed by atoms with Crippen molar-refractivity contribution in [1.82, 2.24) is 10.3 Å². The van der Waals surface area contributed by atoms with Gasteiger partial charge in [0.25, 0.3) is 0 Å². The molecule has 1 atom stereocenters. The molecule has 0 aliphatic heterocycles. The topological polar surface area (TPSA) is 71.1 Å². The van der Waals surface area contributed by atoms with Crippen LogP contribution >= 0.6 is 11.3 Å². The van der Waals surface area contributed by atoms with Crippen molar-refractivity contribution in [3.05, 3.63) is 34.7 Å². The minimum absolute atomic E-state index is 0.230. The van der Waals surface area contributed by atoms with Gasteiger partial charge in [-0.3, -0.25) is 9.59 Å². The molecule has 0 saturated carbocycles. The first-order valence-electron chi connectivity index (χ1n) is 6.56. The number of carbonyl (C=O) groups excluding carboxylic acids is 2. The number of anilines is 1. The molecule has 21 heavy (non-hydrogen) atoms. The van der Waals surface area contributed by atoms with Crippen LogP contribution in [0.3, 0.4) is 0 Å². The van der Waals surface area contributed by atoms with Crippen LogP contribution < -0.4 is 10.6 Å². The fourth-order valence-corrected chi connectivity index (χ4v) is 2.46. The van der Waals surface area contributed by atoms with Crippen LogP contribution in [0.1, 0.15) is 18.9 Å². The highest BCUT2D eigenvalue weighted by molar-refractivity contribution is 7.09. The first-order chi connectivity index (χ1) is 9.95. The van der Waals surface area contributed by atoms with Crippen LogP contribution in [0.2, 0.25) is 0 Å². The summed E-state index contributed by atoms with van der Waals surface area (Å²) in [5.74, 6) is -0.477. The number of aryl methyl sites for hydroxylation is 1. The fraction of sp³-hybridized carbons (Fsp3) is 0.267. The Bertz CT molecular complexity index is 649. The van der Waals surface area contributed by atoms with Gasteiger partial charge in [0.05, 0.1) is 10.7 Å². The molecule has 1 unspecified atom stereocenters. The van der Waals surface area contributed by atoms with Crippen molar-refractivity contribution < 1.29 is 9.59 Å². The van der Waals surface area contributed by atoms with Crippen LogP contribution in [0.5, 0.6) is 0 Å². The molecule has 0 bridgehead atoms. The fourth-order valence-electron chi connectivity index (χ4n) is 1.84. The first-order valence-corrected chi connectivity index (χ1v) is 7.44. The maximum atomic E-state index is 11.9. The predicted molar refractivity (Wildman–Crippen MR) is 84.2 cm³/mol. The Kier molecular flexibility index (Phi) is 4.70. The van der Waals surface area contributed by atoms with Gasteiger partial charge in [0.15, 0.2) is 0 Å². The third-order valence-electron chi connectivity index (χ3n) is 2.88. The van der Waals surface area contributed by atoms with Gasteiger partial charge >= 0.3 is 0 Å². The molecule has 0 spiro atoms. The zero-order chi connectivity index (χ0) is 15.4. The normalized spacial score (nSPS) is 11.8. The Hall–Kier alpha value is -2.21. The Labute approximate surface area is 127 Å². The number of hydrogen-bond donors (Lipinski definition) is 2. The average Bonchev–Trinajstić information content (AvgIpc) is 2.85. The number of thiazole rings is 1. The van der Waals surface area contributed by atoms with Crippen molar-refractivity contribution in [3.63, 3.8) is 0 Å². The van der Waals surface area contributed by atoms with Crippen LogP contribution in [0, 0.1) is 6.92 Å². The number of rotatable bonds is 4. The summed E-state index contributed by atoms with van der Waals surface area (Å²) >= 11 is 1.60. The molecule has 2 amide bonds. The monoisotopic (exact) mass is 303 g/mol. The molecule has 2 rings (SSSR count). The maximum absolute atomic E-state index is 11.9. The number of carbonyl (C=O) groups is 2. The van der Waals surface area contributed by atoms with E-state index >= 15 is 0 Å². The summed E-state index contributed by atoms with van der Waals surface area (Å²) in [6.45, 7) is 4.99. The van der Waals surface area contributed by atoms with Gasteiger partial charge in [0.1, 0.15) is 6.04 Å². The zero-order valence-corrected chi connectivity index (χ0v) is 13.0. The van der Waals surface area contributed by atoms with Crippen molar-refractivity contribution >= 4 is 28.8 Å². The molecule has 2 N–H and O–H groups in total. The van der Waals surface area contributed by atoms with Gasteiger partial charge in [-0.25, -0.2) is 4.98 Å². The predicted octanol–water partition coefficient (Wildman–Crippen LogP) is 2.58. The molecule has 0 fully saturated rings. The van der Waals surface area contributed by atoms with Gasteiger partial charge < -0.3 is 10.6 Å². The lowest BCUT2D eigenvalue weighted by atomic mass is 10.1. The van der Waals surface area contributed by atoms with Crippen LogP contribution in [-0.4, -0.2) is 22.8 Å². The third-order valence-corrected chi connectivity index (χ3v) is 3.65. The van der Waals surface area contributed by atoms with Crippen LogP contribution in [-0.2, 0) is 9.59 Å². The summed E-state index contributed by atoms with van der Waals surface area (Å²) in [5, 5.41) is 8.32. The van der Waals surface area contributed by atoms with Crippen LogP contribution in [0.15, 0.2) is 29.6 Å². The van der Waals surface area contributed by atoms with E-state index in [1.807, 2.05) is 36.6 Å². The summed E-state index contributed by atoms with van der Waals surface area (Å²) in [6.07, 6.45) is 0. The van der Waals surface area contributed by atoms with Crippen LogP contribution in [0.4, 0.5) is 5.69 Å². The number of hydrogen-bond acceptors (Lipinski definition) is 4.